The van der Waals surface area contributed by atoms with Gasteiger partial charge in [0.1, 0.15) is 0 Å². The van der Waals surface area contributed by atoms with Crippen molar-refractivity contribution in [3.8, 4) is 11.1 Å². The molecule has 0 atom stereocenters. The average Bonchev–Trinajstić information content (AvgIpc) is 2.79. The molecule has 5 rings (SSSR count). The van der Waals surface area contributed by atoms with Crippen molar-refractivity contribution in [2.24, 2.45) is 0 Å². The van der Waals surface area contributed by atoms with Crippen LogP contribution in [0.2, 0.25) is 0 Å². The van der Waals surface area contributed by atoms with E-state index in [9.17, 15) is 0 Å². The summed E-state index contributed by atoms with van der Waals surface area (Å²) in [5.74, 6) is 0. The Morgan fingerprint density at radius 1 is 0.542 bits per heavy atom. The number of fused-ring (bicyclic) bond motifs is 3. The maximum Gasteiger partial charge on any atom is 0.0636 e. The van der Waals surface area contributed by atoms with Crippen molar-refractivity contribution in [2.75, 3.05) is 0 Å². The molecule has 0 aliphatic heterocycles. The highest BCUT2D eigenvalue weighted by Gasteiger charge is 2.08. The molecule has 0 saturated carbocycles. The Bertz CT molecular complexity index is 1600. The molecule has 0 heterocycles. The predicted molar refractivity (Wildman–Crippen MR) is 104 cm³/mol. The summed E-state index contributed by atoms with van der Waals surface area (Å²) in [5.41, 5.74) is 1.05. The molecule has 0 fully saturated rings. The average molecular weight is 312 g/mol. The lowest BCUT2D eigenvalue weighted by molar-refractivity contribution is 1.69. The van der Waals surface area contributed by atoms with Crippen molar-refractivity contribution >= 4 is 32.3 Å². The van der Waals surface area contributed by atoms with Crippen LogP contribution in [-0.4, -0.2) is 0 Å². The van der Waals surface area contributed by atoms with Crippen LogP contribution in [0.3, 0.4) is 0 Å². The molecular weight excluding hydrogens is 288 g/mol. The second-order valence-corrected chi connectivity index (χ2v) is 5.62. The van der Waals surface area contributed by atoms with Crippen molar-refractivity contribution in [3.05, 3.63) is 96.9 Å². The molecule has 0 radical (unpaired) electrons. The SMILES string of the molecule is [2H]c1c([2H])c([2H])c2c([2H])c3c([2H])c([2H])c([2H])c(-c4cccc5ccccc45)c3cc2c1[2H]. The topological polar surface area (TPSA) is 0 Å². The Morgan fingerprint density at radius 3 is 2.29 bits per heavy atom. The van der Waals surface area contributed by atoms with Gasteiger partial charge in [-0.15, -0.1) is 0 Å². The molecule has 112 valence electrons. The molecular formula is C24H16. The monoisotopic (exact) mass is 312 g/mol. The fourth-order valence-corrected chi connectivity index (χ4v) is 3.11. The van der Waals surface area contributed by atoms with Crippen LogP contribution in [0.4, 0.5) is 0 Å². The first-order valence-electron chi connectivity index (χ1n) is 11.6. The van der Waals surface area contributed by atoms with Crippen molar-refractivity contribution in [1.82, 2.24) is 0 Å². The lowest BCUT2D eigenvalue weighted by Gasteiger charge is -2.11. The minimum Gasteiger partial charge on any atom is -0.0616 e. The van der Waals surface area contributed by atoms with Gasteiger partial charge in [0.15, 0.2) is 0 Å². The summed E-state index contributed by atoms with van der Waals surface area (Å²) in [5, 5.41) is 2.42. The van der Waals surface area contributed by atoms with Gasteiger partial charge in [0.05, 0.1) is 11.0 Å². The van der Waals surface area contributed by atoms with E-state index in [4.69, 9.17) is 11.0 Å². The number of benzene rings is 5. The quantitative estimate of drug-likeness (QED) is 0.298. The van der Waals surface area contributed by atoms with Gasteiger partial charge in [-0.25, -0.2) is 0 Å². The Labute approximate surface area is 152 Å². The second-order valence-electron chi connectivity index (χ2n) is 5.62. The smallest absolute Gasteiger partial charge is 0.0616 e. The van der Waals surface area contributed by atoms with Crippen molar-refractivity contribution in [3.63, 3.8) is 0 Å². The summed E-state index contributed by atoms with van der Waals surface area (Å²) in [6.45, 7) is 0. The predicted octanol–water partition coefficient (Wildman–Crippen LogP) is 6.81. The van der Waals surface area contributed by atoms with Crippen LogP contribution in [0.5, 0.6) is 0 Å². The van der Waals surface area contributed by atoms with Crippen molar-refractivity contribution < 1.29 is 11.0 Å². The Balaban J connectivity index is 2.08. The molecule has 5 aromatic rings. The Kier molecular flexibility index (Phi) is 1.66. The van der Waals surface area contributed by atoms with Crippen molar-refractivity contribution in [1.29, 1.82) is 0 Å². The first-order chi connectivity index (χ1) is 15.2. The first kappa shape index (κ1) is 7.63. The normalized spacial score (nSPS) is 16.0. The minimum atomic E-state index is -0.445. The lowest BCUT2D eigenvalue weighted by atomic mass is 9.92. The van der Waals surface area contributed by atoms with Gasteiger partial charge in [0, 0.05) is 0 Å². The lowest BCUT2D eigenvalue weighted by Crippen LogP contribution is -1.84. The summed E-state index contributed by atoms with van der Waals surface area (Å²) in [6, 6.07) is 12.3. The zero-order chi connectivity index (χ0) is 22.9. The van der Waals surface area contributed by atoms with E-state index in [0.717, 1.165) is 10.8 Å². The zero-order valence-electron chi connectivity index (χ0n) is 20.6. The molecule has 0 aliphatic carbocycles. The van der Waals surface area contributed by atoms with E-state index < -0.39 is 12.1 Å². The molecule has 5 aromatic carbocycles. The zero-order valence-corrected chi connectivity index (χ0v) is 12.6. The van der Waals surface area contributed by atoms with Gasteiger partial charge in [0.25, 0.3) is 0 Å². The molecule has 0 nitrogen and oxygen atoms in total. The third-order valence-corrected chi connectivity index (χ3v) is 4.23. The Hall–Kier alpha value is -3.12. The van der Waals surface area contributed by atoms with E-state index in [-0.39, 0.29) is 52.4 Å². The largest absolute Gasteiger partial charge is 0.0636 e. The van der Waals surface area contributed by atoms with Crippen LogP contribution in [0.1, 0.15) is 11.0 Å². The molecule has 0 N–H and O–H groups in total. The molecule has 24 heavy (non-hydrogen) atoms. The van der Waals surface area contributed by atoms with Gasteiger partial charge in [-0.3, -0.25) is 0 Å². The minimum absolute atomic E-state index is 0.0120. The van der Waals surface area contributed by atoms with E-state index in [1.807, 2.05) is 42.5 Å². The highest BCUT2D eigenvalue weighted by molar-refractivity contribution is 6.09. The van der Waals surface area contributed by atoms with Gasteiger partial charge in [-0.05, 0) is 55.6 Å². The Morgan fingerprint density at radius 2 is 1.33 bits per heavy atom. The fraction of sp³-hybridized carbons (Fsp3) is 0. The van der Waals surface area contributed by atoms with Gasteiger partial charge >= 0.3 is 0 Å². The van der Waals surface area contributed by atoms with Crippen LogP contribution in [0.25, 0.3) is 43.4 Å². The molecule has 0 unspecified atom stereocenters. The van der Waals surface area contributed by atoms with Gasteiger partial charge in [-0.2, -0.15) is 0 Å². The summed E-state index contributed by atoms with van der Waals surface area (Å²) in [4.78, 5) is 0. The standard InChI is InChI=1S/C24H16/c1-2-9-19-16-24-20(15-18(19)8-1)11-6-14-23(24)22-13-5-10-17-7-3-4-12-21(17)22/h1-16H/i1D,2D,6D,8D,9D,11D,14D,15D. The molecule has 0 bridgehead atoms. The molecule has 0 amide bonds. The summed E-state index contributed by atoms with van der Waals surface area (Å²) in [7, 11) is 0. The molecule has 0 aliphatic rings. The van der Waals surface area contributed by atoms with E-state index in [0.29, 0.717) is 16.5 Å². The first-order valence-corrected chi connectivity index (χ1v) is 7.65. The van der Waals surface area contributed by atoms with Crippen LogP contribution in [-0.2, 0) is 0 Å². The van der Waals surface area contributed by atoms with Crippen LogP contribution in [0, 0.1) is 0 Å². The third kappa shape index (κ3) is 2.00. The third-order valence-electron chi connectivity index (χ3n) is 4.23. The van der Waals surface area contributed by atoms with E-state index in [1.165, 1.54) is 6.07 Å². The number of rotatable bonds is 1. The maximum atomic E-state index is 8.75. The van der Waals surface area contributed by atoms with E-state index in [2.05, 4.69) is 0 Å². The summed E-state index contributed by atoms with van der Waals surface area (Å²) < 4.78 is 66.9. The van der Waals surface area contributed by atoms with E-state index >= 15 is 0 Å². The highest BCUT2D eigenvalue weighted by atomic mass is 14.1. The molecule has 0 saturated heterocycles. The van der Waals surface area contributed by atoms with Gasteiger partial charge in [-0.1, -0.05) is 84.8 Å². The molecule has 0 spiro atoms. The number of hydrogen-bond donors (Lipinski definition) is 0. The van der Waals surface area contributed by atoms with Crippen LogP contribution >= 0.6 is 0 Å². The van der Waals surface area contributed by atoms with Crippen molar-refractivity contribution in [2.45, 2.75) is 0 Å². The maximum absolute atomic E-state index is 8.75. The highest BCUT2D eigenvalue weighted by Crippen LogP contribution is 2.35. The summed E-state index contributed by atoms with van der Waals surface area (Å²) >= 11 is 0. The molecule has 0 aromatic heterocycles. The fourth-order valence-electron chi connectivity index (χ4n) is 3.11. The van der Waals surface area contributed by atoms with Gasteiger partial charge in [0.2, 0.25) is 0 Å². The van der Waals surface area contributed by atoms with Gasteiger partial charge < -0.3 is 0 Å². The summed E-state index contributed by atoms with van der Waals surface area (Å²) in [6.07, 6.45) is 0. The number of hydrogen-bond acceptors (Lipinski definition) is 0. The van der Waals surface area contributed by atoms with Crippen LogP contribution < -0.4 is 0 Å². The second kappa shape index (κ2) is 5.21. The van der Waals surface area contributed by atoms with E-state index in [1.54, 1.807) is 0 Å². The van der Waals surface area contributed by atoms with Crippen LogP contribution in [0.15, 0.2) is 96.9 Å². The molecule has 0 heteroatoms.